The van der Waals surface area contributed by atoms with Crippen LogP contribution in [0.3, 0.4) is 0 Å². The van der Waals surface area contributed by atoms with Gasteiger partial charge in [-0.1, -0.05) is 6.92 Å². The van der Waals surface area contributed by atoms with Crippen LogP contribution in [-0.2, 0) is 14.4 Å². The van der Waals surface area contributed by atoms with E-state index in [0.29, 0.717) is 38.3 Å². The molecule has 7 heteroatoms. The number of hydrogen-bond acceptors (Lipinski definition) is 4. The van der Waals surface area contributed by atoms with Crippen LogP contribution < -0.4 is 10.6 Å². The number of carboxylic acids is 1. The minimum Gasteiger partial charge on any atom is -0.480 e. The molecule has 0 aliphatic carbocycles. The lowest BCUT2D eigenvalue weighted by atomic mass is 9.92. The number of carboxylic acid groups (broad SMARTS) is 1. The summed E-state index contributed by atoms with van der Waals surface area (Å²) < 4.78 is 0. The van der Waals surface area contributed by atoms with E-state index in [1.165, 1.54) is 0 Å². The van der Waals surface area contributed by atoms with Gasteiger partial charge in [0.2, 0.25) is 11.8 Å². The predicted molar refractivity (Wildman–Crippen MR) is 94.0 cm³/mol. The zero-order valence-electron chi connectivity index (χ0n) is 15.1. The van der Waals surface area contributed by atoms with Gasteiger partial charge in [0.05, 0.1) is 5.92 Å². The Morgan fingerprint density at radius 1 is 1.24 bits per heavy atom. The number of rotatable bonds is 7. The Kier molecular flexibility index (Phi) is 7.68. The third-order valence-corrected chi connectivity index (χ3v) is 5.39. The van der Waals surface area contributed by atoms with Gasteiger partial charge in [0.15, 0.2) is 0 Å². The van der Waals surface area contributed by atoms with Crippen LogP contribution in [-0.4, -0.2) is 60.0 Å². The van der Waals surface area contributed by atoms with Crippen molar-refractivity contribution in [3.8, 4) is 0 Å². The fraction of sp³-hybridized carbons (Fsp3) is 0.833. The Balaban J connectivity index is 1.79. The number of hydrogen-bond donors (Lipinski definition) is 3. The summed E-state index contributed by atoms with van der Waals surface area (Å²) in [5.41, 5.74) is 0. The summed E-state index contributed by atoms with van der Waals surface area (Å²) in [6.45, 7) is 4.91. The van der Waals surface area contributed by atoms with Crippen molar-refractivity contribution in [2.75, 3.05) is 26.2 Å². The van der Waals surface area contributed by atoms with Crippen molar-refractivity contribution in [1.29, 1.82) is 0 Å². The van der Waals surface area contributed by atoms with Gasteiger partial charge in [-0.2, -0.15) is 0 Å². The third kappa shape index (κ3) is 5.99. The summed E-state index contributed by atoms with van der Waals surface area (Å²) in [7, 11) is 0. The normalized spacial score (nSPS) is 23.1. The van der Waals surface area contributed by atoms with E-state index in [2.05, 4.69) is 10.6 Å². The Morgan fingerprint density at radius 3 is 2.60 bits per heavy atom. The standard InChI is InChI=1S/C18H31N3O4/c1-2-15(18(24)25)20-17(23)14-4-3-11-21(12-14)16(22)6-5-13-7-9-19-10-8-13/h13-15,19H,2-12H2,1H3,(H,20,23)(H,24,25)/t14-,15?/m1/s1. The Labute approximate surface area is 149 Å². The van der Waals surface area contributed by atoms with E-state index in [1.807, 2.05) is 0 Å². The topological polar surface area (TPSA) is 98.7 Å². The molecular formula is C18H31N3O4. The Morgan fingerprint density at radius 2 is 1.96 bits per heavy atom. The van der Waals surface area contributed by atoms with Crippen molar-refractivity contribution in [3.05, 3.63) is 0 Å². The van der Waals surface area contributed by atoms with Crippen LogP contribution >= 0.6 is 0 Å². The molecule has 0 aromatic heterocycles. The van der Waals surface area contributed by atoms with Crippen LogP contribution in [0.2, 0.25) is 0 Å². The van der Waals surface area contributed by atoms with Gasteiger partial charge in [-0.3, -0.25) is 9.59 Å². The number of nitrogens with one attached hydrogen (secondary N) is 2. The smallest absolute Gasteiger partial charge is 0.326 e. The molecule has 2 heterocycles. The fourth-order valence-electron chi connectivity index (χ4n) is 3.70. The fourth-order valence-corrected chi connectivity index (χ4v) is 3.70. The van der Waals surface area contributed by atoms with Gasteiger partial charge in [0.1, 0.15) is 6.04 Å². The highest BCUT2D eigenvalue weighted by Gasteiger charge is 2.30. The number of aliphatic carboxylic acids is 1. The lowest BCUT2D eigenvalue weighted by Gasteiger charge is -2.33. The molecule has 2 amide bonds. The SMILES string of the molecule is CCC(NC(=O)[C@@H]1CCCN(C(=O)CCC2CCNCC2)C1)C(=O)O. The van der Waals surface area contributed by atoms with E-state index >= 15 is 0 Å². The van der Waals surface area contributed by atoms with Crippen LogP contribution in [0.15, 0.2) is 0 Å². The van der Waals surface area contributed by atoms with Crippen molar-refractivity contribution in [2.45, 2.75) is 57.9 Å². The van der Waals surface area contributed by atoms with E-state index in [0.717, 1.165) is 38.8 Å². The minimum atomic E-state index is -1.01. The molecule has 0 saturated carbocycles. The predicted octanol–water partition coefficient (Wildman–Crippen LogP) is 0.984. The van der Waals surface area contributed by atoms with Gasteiger partial charge in [-0.05, 0) is 57.5 Å². The minimum absolute atomic E-state index is 0.126. The number of carbonyl (C=O) groups is 3. The molecule has 2 aliphatic heterocycles. The summed E-state index contributed by atoms with van der Waals surface area (Å²) in [5, 5.41) is 15.0. The highest BCUT2D eigenvalue weighted by Crippen LogP contribution is 2.21. The van der Waals surface area contributed by atoms with Crippen LogP contribution in [0, 0.1) is 11.8 Å². The van der Waals surface area contributed by atoms with E-state index in [-0.39, 0.29) is 17.7 Å². The zero-order valence-corrected chi connectivity index (χ0v) is 15.1. The van der Waals surface area contributed by atoms with E-state index in [1.54, 1.807) is 11.8 Å². The molecule has 25 heavy (non-hydrogen) atoms. The molecule has 0 aromatic carbocycles. The van der Waals surface area contributed by atoms with Gasteiger partial charge in [0, 0.05) is 19.5 Å². The molecule has 0 aromatic rings. The van der Waals surface area contributed by atoms with Gasteiger partial charge < -0.3 is 20.6 Å². The van der Waals surface area contributed by atoms with Crippen molar-refractivity contribution in [3.63, 3.8) is 0 Å². The summed E-state index contributed by atoms with van der Waals surface area (Å²) >= 11 is 0. The van der Waals surface area contributed by atoms with Crippen molar-refractivity contribution in [2.24, 2.45) is 11.8 Å². The molecule has 2 rings (SSSR count). The van der Waals surface area contributed by atoms with Gasteiger partial charge in [-0.25, -0.2) is 4.79 Å². The second kappa shape index (κ2) is 9.75. The first-order valence-corrected chi connectivity index (χ1v) is 9.53. The zero-order chi connectivity index (χ0) is 18.2. The maximum absolute atomic E-state index is 12.5. The maximum atomic E-state index is 12.5. The summed E-state index contributed by atoms with van der Waals surface area (Å²) in [4.78, 5) is 37.7. The van der Waals surface area contributed by atoms with E-state index in [9.17, 15) is 14.4 Å². The van der Waals surface area contributed by atoms with E-state index in [4.69, 9.17) is 5.11 Å². The molecule has 0 radical (unpaired) electrons. The lowest BCUT2D eigenvalue weighted by Crippen LogP contribution is -2.49. The lowest BCUT2D eigenvalue weighted by molar-refractivity contribution is -0.144. The van der Waals surface area contributed by atoms with Crippen molar-refractivity contribution in [1.82, 2.24) is 15.5 Å². The van der Waals surface area contributed by atoms with Crippen LogP contribution in [0.25, 0.3) is 0 Å². The van der Waals surface area contributed by atoms with Crippen LogP contribution in [0.1, 0.15) is 51.9 Å². The molecule has 2 fully saturated rings. The largest absolute Gasteiger partial charge is 0.480 e. The van der Waals surface area contributed by atoms with Gasteiger partial charge >= 0.3 is 5.97 Å². The molecule has 0 spiro atoms. The molecule has 2 aliphatic rings. The quantitative estimate of drug-likeness (QED) is 0.634. The van der Waals surface area contributed by atoms with Crippen LogP contribution in [0.5, 0.6) is 0 Å². The second-order valence-electron chi connectivity index (χ2n) is 7.22. The average Bonchev–Trinajstić information content (AvgIpc) is 2.64. The molecule has 3 N–H and O–H groups in total. The molecule has 1 unspecified atom stereocenters. The van der Waals surface area contributed by atoms with Crippen LogP contribution in [0.4, 0.5) is 0 Å². The number of amides is 2. The Bertz CT molecular complexity index is 477. The molecule has 7 nitrogen and oxygen atoms in total. The highest BCUT2D eigenvalue weighted by atomic mass is 16.4. The first kappa shape index (κ1) is 19.7. The van der Waals surface area contributed by atoms with Gasteiger partial charge in [0.25, 0.3) is 0 Å². The van der Waals surface area contributed by atoms with E-state index < -0.39 is 12.0 Å². The molecule has 2 saturated heterocycles. The van der Waals surface area contributed by atoms with Crippen molar-refractivity contribution >= 4 is 17.8 Å². The summed E-state index contributed by atoms with van der Waals surface area (Å²) in [6, 6.07) is -0.849. The molecule has 0 bridgehead atoms. The van der Waals surface area contributed by atoms with Crippen molar-refractivity contribution < 1.29 is 19.5 Å². The summed E-state index contributed by atoms with van der Waals surface area (Å²) in [6.07, 6.45) is 5.59. The average molecular weight is 353 g/mol. The molecule has 2 atom stereocenters. The highest BCUT2D eigenvalue weighted by molar-refractivity contribution is 5.85. The molecule has 142 valence electrons. The van der Waals surface area contributed by atoms with Gasteiger partial charge in [-0.15, -0.1) is 0 Å². The summed E-state index contributed by atoms with van der Waals surface area (Å²) in [5.74, 6) is -0.812. The monoisotopic (exact) mass is 353 g/mol. The number of likely N-dealkylation sites (tertiary alicyclic amines) is 1. The first-order chi connectivity index (χ1) is 12.0. The number of carbonyl (C=O) groups excluding carboxylic acids is 2. The first-order valence-electron chi connectivity index (χ1n) is 9.53. The molecular weight excluding hydrogens is 322 g/mol. The third-order valence-electron chi connectivity index (χ3n) is 5.39. The Hall–Kier alpha value is -1.63. The number of piperidine rings is 2. The maximum Gasteiger partial charge on any atom is 0.326 e. The second-order valence-corrected chi connectivity index (χ2v) is 7.22. The number of nitrogens with zero attached hydrogens (tertiary/aromatic N) is 1.